The Labute approximate surface area is 149 Å². The molecule has 0 aromatic heterocycles. The SMILES string of the molecule is Cc1ccc2c(c1)C(=O)N(CCCC(=O)N1CCCC[C@@H](C)C1)C2=O. The van der Waals surface area contributed by atoms with Crippen molar-refractivity contribution in [3.63, 3.8) is 0 Å². The topological polar surface area (TPSA) is 57.7 Å². The van der Waals surface area contributed by atoms with Gasteiger partial charge in [0.15, 0.2) is 0 Å². The van der Waals surface area contributed by atoms with Crippen molar-refractivity contribution in [1.82, 2.24) is 9.80 Å². The number of amides is 3. The fraction of sp³-hybridized carbons (Fsp3) is 0.550. The van der Waals surface area contributed by atoms with Gasteiger partial charge in [0, 0.05) is 26.1 Å². The summed E-state index contributed by atoms with van der Waals surface area (Å²) in [5.41, 5.74) is 1.92. The van der Waals surface area contributed by atoms with Crippen LogP contribution in [0.15, 0.2) is 18.2 Å². The van der Waals surface area contributed by atoms with Gasteiger partial charge in [-0.25, -0.2) is 0 Å². The number of benzene rings is 1. The average molecular weight is 342 g/mol. The van der Waals surface area contributed by atoms with Gasteiger partial charge in [-0.05, 0) is 44.2 Å². The summed E-state index contributed by atoms with van der Waals surface area (Å²) in [5.74, 6) is 0.211. The summed E-state index contributed by atoms with van der Waals surface area (Å²) >= 11 is 0. The van der Waals surface area contributed by atoms with E-state index in [1.807, 2.05) is 17.9 Å². The first-order chi connectivity index (χ1) is 12.0. The van der Waals surface area contributed by atoms with Gasteiger partial charge in [0.25, 0.3) is 11.8 Å². The smallest absolute Gasteiger partial charge is 0.261 e. The van der Waals surface area contributed by atoms with Gasteiger partial charge in [0.2, 0.25) is 5.91 Å². The van der Waals surface area contributed by atoms with Crippen molar-refractivity contribution in [1.29, 1.82) is 0 Å². The summed E-state index contributed by atoms with van der Waals surface area (Å²) in [6, 6.07) is 5.32. The van der Waals surface area contributed by atoms with E-state index in [4.69, 9.17) is 0 Å². The lowest BCUT2D eigenvalue weighted by Gasteiger charge is -2.23. The van der Waals surface area contributed by atoms with Crippen LogP contribution in [0.2, 0.25) is 0 Å². The molecule has 0 spiro atoms. The first-order valence-corrected chi connectivity index (χ1v) is 9.22. The number of hydrogen-bond donors (Lipinski definition) is 0. The number of hydrogen-bond acceptors (Lipinski definition) is 3. The van der Waals surface area contributed by atoms with E-state index >= 15 is 0 Å². The number of aryl methyl sites for hydroxylation is 1. The molecule has 2 aliphatic rings. The van der Waals surface area contributed by atoms with Gasteiger partial charge < -0.3 is 4.90 Å². The third-order valence-electron chi connectivity index (χ3n) is 5.16. The molecule has 5 heteroatoms. The number of nitrogens with zero attached hydrogens (tertiary/aromatic N) is 2. The summed E-state index contributed by atoms with van der Waals surface area (Å²) in [5, 5.41) is 0. The molecule has 0 saturated carbocycles. The molecule has 2 heterocycles. The van der Waals surface area contributed by atoms with E-state index in [0.29, 0.717) is 36.4 Å². The third-order valence-corrected chi connectivity index (χ3v) is 5.16. The number of rotatable bonds is 4. The van der Waals surface area contributed by atoms with Crippen LogP contribution >= 0.6 is 0 Å². The molecule has 1 aromatic rings. The van der Waals surface area contributed by atoms with Crippen LogP contribution in [0, 0.1) is 12.8 Å². The number of carbonyl (C=O) groups excluding carboxylic acids is 3. The van der Waals surface area contributed by atoms with E-state index in [2.05, 4.69) is 6.92 Å². The maximum atomic E-state index is 12.4. The highest BCUT2D eigenvalue weighted by atomic mass is 16.2. The number of likely N-dealkylation sites (tertiary alicyclic amines) is 1. The first kappa shape index (κ1) is 17.6. The van der Waals surface area contributed by atoms with Gasteiger partial charge in [-0.2, -0.15) is 0 Å². The predicted molar refractivity (Wildman–Crippen MR) is 95.4 cm³/mol. The normalized spacial score (nSPS) is 20.6. The molecule has 134 valence electrons. The van der Waals surface area contributed by atoms with Crippen molar-refractivity contribution in [2.45, 2.75) is 46.0 Å². The number of imide groups is 1. The molecular formula is C20H26N2O3. The van der Waals surface area contributed by atoms with Crippen LogP contribution in [-0.2, 0) is 4.79 Å². The second-order valence-corrected chi connectivity index (χ2v) is 7.36. The van der Waals surface area contributed by atoms with E-state index in [-0.39, 0.29) is 17.7 Å². The van der Waals surface area contributed by atoms with Crippen LogP contribution in [-0.4, -0.2) is 47.2 Å². The summed E-state index contributed by atoms with van der Waals surface area (Å²) in [6.45, 7) is 6.05. The lowest BCUT2D eigenvalue weighted by atomic mass is 10.1. The maximum Gasteiger partial charge on any atom is 0.261 e. The lowest BCUT2D eigenvalue weighted by molar-refractivity contribution is -0.131. The maximum absolute atomic E-state index is 12.4. The average Bonchev–Trinajstić information content (AvgIpc) is 2.74. The Hall–Kier alpha value is -2.17. The Morgan fingerprint density at radius 3 is 2.72 bits per heavy atom. The van der Waals surface area contributed by atoms with E-state index in [9.17, 15) is 14.4 Å². The highest BCUT2D eigenvalue weighted by Crippen LogP contribution is 2.24. The molecule has 0 bridgehead atoms. The molecule has 0 radical (unpaired) electrons. The molecule has 5 nitrogen and oxygen atoms in total. The van der Waals surface area contributed by atoms with Gasteiger partial charge in [0.1, 0.15) is 0 Å². The van der Waals surface area contributed by atoms with Crippen molar-refractivity contribution in [3.05, 3.63) is 34.9 Å². The Balaban J connectivity index is 1.55. The fourth-order valence-corrected chi connectivity index (χ4v) is 3.73. The molecule has 2 aliphatic heterocycles. The molecule has 0 aliphatic carbocycles. The summed E-state index contributed by atoms with van der Waals surface area (Å²) in [7, 11) is 0. The van der Waals surface area contributed by atoms with E-state index in [1.165, 1.54) is 17.7 Å². The monoisotopic (exact) mass is 342 g/mol. The zero-order valence-electron chi connectivity index (χ0n) is 15.1. The molecular weight excluding hydrogens is 316 g/mol. The summed E-state index contributed by atoms with van der Waals surface area (Å²) in [6.07, 6.45) is 4.33. The zero-order valence-corrected chi connectivity index (χ0v) is 15.1. The molecule has 3 amide bonds. The Morgan fingerprint density at radius 2 is 1.92 bits per heavy atom. The van der Waals surface area contributed by atoms with Crippen molar-refractivity contribution in [3.8, 4) is 0 Å². The Kier molecular flexibility index (Phi) is 5.21. The molecule has 1 atom stereocenters. The molecule has 1 saturated heterocycles. The van der Waals surface area contributed by atoms with Crippen LogP contribution in [0.25, 0.3) is 0 Å². The number of carbonyl (C=O) groups is 3. The van der Waals surface area contributed by atoms with Gasteiger partial charge >= 0.3 is 0 Å². The van der Waals surface area contributed by atoms with Crippen molar-refractivity contribution in [2.75, 3.05) is 19.6 Å². The van der Waals surface area contributed by atoms with Crippen LogP contribution in [0.4, 0.5) is 0 Å². The van der Waals surface area contributed by atoms with Crippen LogP contribution in [0.1, 0.15) is 65.3 Å². The lowest BCUT2D eigenvalue weighted by Crippen LogP contribution is -2.35. The van der Waals surface area contributed by atoms with E-state index in [0.717, 1.165) is 25.1 Å². The molecule has 0 N–H and O–H groups in total. The predicted octanol–water partition coefficient (Wildman–Crippen LogP) is 3.02. The van der Waals surface area contributed by atoms with Crippen molar-refractivity contribution < 1.29 is 14.4 Å². The Bertz CT molecular complexity index is 698. The standard InChI is InChI=1S/C20H26N2O3/c1-14-8-9-16-17(12-14)20(25)22(19(16)24)11-5-7-18(23)21-10-4-3-6-15(2)13-21/h8-9,12,15H,3-7,10-11,13H2,1-2H3/t15-/m1/s1. The molecule has 25 heavy (non-hydrogen) atoms. The van der Waals surface area contributed by atoms with Gasteiger partial charge in [0.05, 0.1) is 11.1 Å². The van der Waals surface area contributed by atoms with Crippen LogP contribution in [0.3, 0.4) is 0 Å². The zero-order chi connectivity index (χ0) is 18.0. The molecule has 3 rings (SSSR count). The largest absolute Gasteiger partial charge is 0.342 e. The molecule has 1 fully saturated rings. The summed E-state index contributed by atoms with van der Waals surface area (Å²) < 4.78 is 0. The van der Waals surface area contributed by atoms with Crippen molar-refractivity contribution in [2.24, 2.45) is 5.92 Å². The second-order valence-electron chi connectivity index (χ2n) is 7.36. The Morgan fingerprint density at radius 1 is 1.16 bits per heavy atom. The van der Waals surface area contributed by atoms with Gasteiger partial charge in [-0.3, -0.25) is 19.3 Å². The van der Waals surface area contributed by atoms with Gasteiger partial charge in [-0.15, -0.1) is 0 Å². The second kappa shape index (κ2) is 7.38. The first-order valence-electron chi connectivity index (χ1n) is 9.22. The van der Waals surface area contributed by atoms with Gasteiger partial charge in [-0.1, -0.05) is 25.0 Å². The minimum absolute atomic E-state index is 0.140. The minimum atomic E-state index is -0.240. The molecule has 1 aromatic carbocycles. The number of fused-ring (bicyclic) bond motifs is 1. The third kappa shape index (κ3) is 3.75. The van der Waals surface area contributed by atoms with Crippen molar-refractivity contribution >= 4 is 17.7 Å². The van der Waals surface area contributed by atoms with E-state index in [1.54, 1.807) is 12.1 Å². The van der Waals surface area contributed by atoms with E-state index < -0.39 is 0 Å². The van der Waals surface area contributed by atoms with Crippen LogP contribution in [0.5, 0.6) is 0 Å². The highest BCUT2D eigenvalue weighted by Gasteiger charge is 2.35. The molecule has 0 unspecified atom stereocenters. The highest BCUT2D eigenvalue weighted by molar-refractivity contribution is 6.21. The fourth-order valence-electron chi connectivity index (χ4n) is 3.73. The van der Waals surface area contributed by atoms with Crippen LogP contribution < -0.4 is 0 Å². The minimum Gasteiger partial charge on any atom is -0.342 e. The quantitative estimate of drug-likeness (QED) is 0.790. The summed E-state index contributed by atoms with van der Waals surface area (Å²) in [4.78, 5) is 40.5.